The highest BCUT2D eigenvalue weighted by Gasteiger charge is 2.36. The predicted octanol–water partition coefficient (Wildman–Crippen LogP) is 2.34. The van der Waals surface area contributed by atoms with Crippen LogP contribution in [0.25, 0.3) is 6.08 Å². The number of esters is 1. The summed E-state index contributed by atoms with van der Waals surface area (Å²) in [6, 6.07) is 3.23. The molecular weight excluding hydrogens is 346 g/mol. The van der Waals surface area contributed by atoms with Crippen LogP contribution < -0.4 is 4.74 Å². The lowest BCUT2D eigenvalue weighted by molar-refractivity contribution is -0.143. The van der Waals surface area contributed by atoms with Gasteiger partial charge in [-0.15, -0.1) is 6.58 Å². The van der Waals surface area contributed by atoms with Gasteiger partial charge in [0.15, 0.2) is 11.5 Å². The van der Waals surface area contributed by atoms with E-state index in [0.29, 0.717) is 17.5 Å². The Morgan fingerprint density at radius 2 is 2.08 bits per heavy atom. The first-order chi connectivity index (χ1) is 11.9. The predicted molar refractivity (Wildman–Crippen MR) is 93.3 cm³/mol. The zero-order valence-electron chi connectivity index (χ0n) is 13.8. The summed E-state index contributed by atoms with van der Waals surface area (Å²) >= 11 is 0.733. The van der Waals surface area contributed by atoms with Gasteiger partial charge in [-0.3, -0.25) is 19.3 Å². The number of rotatable bonds is 6. The Labute approximate surface area is 148 Å². The molecule has 0 spiro atoms. The van der Waals surface area contributed by atoms with Crippen molar-refractivity contribution < 1.29 is 29.0 Å². The summed E-state index contributed by atoms with van der Waals surface area (Å²) in [7, 11) is 2.60. The van der Waals surface area contributed by atoms with Crippen molar-refractivity contribution in [1.82, 2.24) is 4.90 Å². The van der Waals surface area contributed by atoms with Crippen LogP contribution in [0.2, 0.25) is 0 Å². The van der Waals surface area contributed by atoms with E-state index < -0.39 is 23.7 Å². The molecular formula is C17H17NO6S. The Bertz CT molecular complexity index is 771. The first kappa shape index (κ1) is 18.6. The third kappa shape index (κ3) is 4.03. The van der Waals surface area contributed by atoms with Crippen LogP contribution in [0.5, 0.6) is 11.5 Å². The zero-order chi connectivity index (χ0) is 18.6. The average molecular weight is 363 g/mol. The molecule has 7 nitrogen and oxygen atoms in total. The fourth-order valence-electron chi connectivity index (χ4n) is 2.22. The van der Waals surface area contributed by atoms with Crippen molar-refractivity contribution in [2.45, 2.75) is 6.42 Å². The fourth-order valence-corrected chi connectivity index (χ4v) is 3.06. The maximum atomic E-state index is 12.3. The molecule has 1 N–H and O–H groups in total. The number of hydrogen-bond donors (Lipinski definition) is 1. The van der Waals surface area contributed by atoms with Crippen LogP contribution in [0.1, 0.15) is 11.1 Å². The number of thioether (sulfide) groups is 1. The number of methoxy groups -OCH3 is 2. The molecule has 0 unspecified atom stereocenters. The number of benzene rings is 1. The highest BCUT2D eigenvalue weighted by molar-refractivity contribution is 8.18. The van der Waals surface area contributed by atoms with Gasteiger partial charge in [0.05, 0.1) is 19.1 Å². The molecule has 1 aromatic rings. The number of phenols is 1. The number of carbonyl (C=O) groups is 3. The summed E-state index contributed by atoms with van der Waals surface area (Å²) < 4.78 is 9.61. The molecule has 1 fully saturated rings. The molecule has 0 bridgehead atoms. The van der Waals surface area contributed by atoms with Gasteiger partial charge >= 0.3 is 5.97 Å². The molecule has 0 aromatic heterocycles. The average Bonchev–Trinajstić information content (AvgIpc) is 2.85. The monoisotopic (exact) mass is 363 g/mol. The normalized spacial score (nSPS) is 15.6. The largest absolute Gasteiger partial charge is 0.504 e. The van der Waals surface area contributed by atoms with Gasteiger partial charge in [0.2, 0.25) is 0 Å². The van der Waals surface area contributed by atoms with Crippen LogP contribution >= 0.6 is 11.8 Å². The van der Waals surface area contributed by atoms with Gasteiger partial charge < -0.3 is 14.6 Å². The van der Waals surface area contributed by atoms with Gasteiger partial charge in [0, 0.05) is 5.56 Å². The van der Waals surface area contributed by atoms with E-state index in [1.165, 1.54) is 20.3 Å². The molecule has 0 saturated carbocycles. The van der Waals surface area contributed by atoms with E-state index in [2.05, 4.69) is 11.3 Å². The van der Waals surface area contributed by atoms with E-state index in [-0.39, 0.29) is 16.4 Å². The zero-order valence-corrected chi connectivity index (χ0v) is 14.6. The summed E-state index contributed by atoms with van der Waals surface area (Å²) in [6.07, 6.45) is 3.55. The molecule has 1 aliphatic heterocycles. The van der Waals surface area contributed by atoms with Gasteiger partial charge in [0.25, 0.3) is 11.1 Å². The number of amides is 2. The minimum atomic E-state index is -0.678. The minimum absolute atomic E-state index is 0.00153. The summed E-state index contributed by atoms with van der Waals surface area (Å²) in [5.41, 5.74) is 1.16. The number of aromatic hydroxyl groups is 1. The van der Waals surface area contributed by atoms with Crippen LogP contribution in [0.4, 0.5) is 4.79 Å². The maximum Gasteiger partial charge on any atom is 0.325 e. The fraction of sp³-hybridized carbons (Fsp3) is 0.235. The van der Waals surface area contributed by atoms with E-state index in [0.717, 1.165) is 16.7 Å². The Morgan fingerprint density at radius 1 is 1.36 bits per heavy atom. The number of ether oxygens (including phenoxy) is 2. The molecule has 1 aromatic carbocycles. The van der Waals surface area contributed by atoms with E-state index in [1.807, 2.05) is 0 Å². The van der Waals surface area contributed by atoms with Crippen molar-refractivity contribution in [1.29, 1.82) is 0 Å². The topological polar surface area (TPSA) is 93.1 Å². The van der Waals surface area contributed by atoms with Crippen molar-refractivity contribution in [2.24, 2.45) is 0 Å². The molecule has 132 valence electrons. The van der Waals surface area contributed by atoms with Gasteiger partial charge in [-0.05, 0) is 42.0 Å². The Balaban J connectivity index is 2.35. The maximum absolute atomic E-state index is 12.3. The van der Waals surface area contributed by atoms with Gasteiger partial charge in [0.1, 0.15) is 6.54 Å². The van der Waals surface area contributed by atoms with E-state index >= 15 is 0 Å². The van der Waals surface area contributed by atoms with Crippen LogP contribution in [0.15, 0.2) is 29.7 Å². The SMILES string of the molecule is C=CCc1cc(/C=C2\SC(=O)N(CC(=O)OC)C2=O)cc(OC)c1O. The summed E-state index contributed by atoms with van der Waals surface area (Å²) in [5, 5.41) is 9.55. The number of hydrogen-bond acceptors (Lipinski definition) is 7. The number of phenolic OH excluding ortho intramolecular Hbond substituents is 1. The van der Waals surface area contributed by atoms with Crippen molar-refractivity contribution in [3.05, 3.63) is 40.8 Å². The van der Waals surface area contributed by atoms with Gasteiger partial charge in [-0.1, -0.05) is 6.08 Å². The second-order valence-corrected chi connectivity index (χ2v) is 6.06. The quantitative estimate of drug-likeness (QED) is 0.471. The van der Waals surface area contributed by atoms with Crippen LogP contribution in [0.3, 0.4) is 0 Å². The highest BCUT2D eigenvalue weighted by atomic mass is 32.2. The number of allylic oxidation sites excluding steroid dienone is 1. The molecule has 1 saturated heterocycles. The lowest BCUT2D eigenvalue weighted by Gasteiger charge is -2.10. The number of imide groups is 1. The van der Waals surface area contributed by atoms with E-state index in [9.17, 15) is 19.5 Å². The van der Waals surface area contributed by atoms with Crippen molar-refractivity contribution >= 4 is 35.0 Å². The molecule has 2 rings (SSSR count). The molecule has 8 heteroatoms. The number of carbonyl (C=O) groups excluding carboxylic acids is 3. The van der Waals surface area contributed by atoms with E-state index in [1.54, 1.807) is 18.2 Å². The van der Waals surface area contributed by atoms with Gasteiger partial charge in [-0.2, -0.15) is 0 Å². The van der Waals surface area contributed by atoms with Crippen molar-refractivity contribution in [2.75, 3.05) is 20.8 Å². The first-order valence-electron chi connectivity index (χ1n) is 7.24. The highest BCUT2D eigenvalue weighted by Crippen LogP contribution is 2.36. The summed E-state index contributed by atoms with van der Waals surface area (Å²) in [5.74, 6) is -1.00. The Kier molecular flexibility index (Phi) is 5.87. The summed E-state index contributed by atoms with van der Waals surface area (Å²) in [6.45, 7) is 3.20. The van der Waals surface area contributed by atoms with Crippen LogP contribution in [0, 0.1) is 0 Å². The third-order valence-electron chi connectivity index (χ3n) is 3.45. The molecule has 1 aliphatic rings. The van der Waals surface area contributed by atoms with Crippen molar-refractivity contribution in [3.8, 4) is 11.5 Å². The smallest absolute Gasteiger partial charge is 0.325 e. The Morgan fingerprint density at radius 3 is 2.68 bits per heavy atom. The molecule has 2 amide bonds. The lowest BCUT2D eigenvalue weighted by atomic mass is 10.1. The molecule has 0 aliphatic carbocycles. The van der Waals surface area contributed by atoms with Crippen LogP contribution in [-0.2, 0) is 20.7 Å². The molecule has 1 heterocycles. The molecule has 25 heavy (non-hydrogen) atoms. The van der Waals surface area contributed by atoms with Crippen molar-refractivity contribution in [3.63, 3.8) is 0 Å². The van der Waals surface area contributed by atoms with Crippen LogP contribution in [-0.4, -0.2) is 47.9 Å². The second kappa shape index (κ2) is 7.89. The third-order valence-corrected chi connectivity index (χ3v) is 4.35. The number of nitrogens with zero attached hydrogens (tertiary/aromatic N) is 1. The van der Waals surface area contributed by atoms with Gasteiger partial charge in [-0.25, -0.2) is 0 Å². The standard InChI is InChI=1S/C17H17NO6S/c1-4-5-11-6-10(7-12(23-2)15(11)20)8-13-16(21)18(17(22)25-13)9-14(19)24-3/h4,6-8,20H,1,5,9H2,2-3H3/b13-8-. The first-order valence-corrected chi connectivity index (χ1v) is 8.05. The molecule has 0 radical (unpaired) electrons. The van der Waals surface area contributed by atoms with E-state index in [4.69, 9.17) is 4.74 Å². The summed E-state index contributed by atoms with van der Waals surface area (Å²) in [4.78, 5) is 36.5. The Hall–Kier alpha value is -2.74. The lowest BCUT2D eigenvalue weighted by Crippen LogP contribution is -2.34. The minimum Gasteiger partial charge on any atom is -0.504 e. The molecule has 0 atom stereocenters. The second-order valence-electron chi connectivity index (χ2n) is 5.07.